The first-order valence-corrected chi connectivity index (χ1v) is 7.99. The first-order valence-electron chi connectivity index (χ1n) is 7.99. The number of nitrogens with one attached hydrogen (secondary N) is 2. The van der Waals surface area contributed by atoms with Crippen molar-refractivity contribution in [3.05, 3.63) is 35.6 Å². The highest BCUT2D eigenvalue weighted by atomic mass is 127. The molecule has 0 heterocycles. The monoisotopic (exact) mass is 451 g/mol. The summed E-state index contributed by atoms with van der Waals surface area (Å²) < 4.78 is 17.4. The largest absolute Gasteiger partial charge is 0.469 e. The van der Waals surface area contributed by atoms with Gasteiger partial charge in [0.05, 0.1) is 7.11 Å². The number of carbonyl (C=O) groups is 1. The van der Waals surface area contributed by atoms with E-state index in [2.05, 4.69) is 20.4 Å². The molecule has 0 atom stereocenters. The summed E-state index contributed by atoms with van der Waals surface area (Å²) >= 11 is 0. The number of carbonyl (C=O) groups excluding carboxylic acids is 1. The molecule has 0 aliphatic heterocycles. The molecule has 1 aromatic carbocycles. The third-order valence-electron chi connectivity index (χ3n) is 3.25. The van der Waals surface area contributed by atoms with Crippen LogP contribution in [0.15, 0.2) is 29.3 Å². The highest BCUT2D eigenvalue weighted by Gasteiger charge is 2.00. The minimum Gasteiger partial charge on any atom is -0.469 e. The molecule has 0 amide bonds. The van der Waals surface area contributed by atoms with Crippen LogP contribution >= 0.6 is 24.0 Å². The molecule has 0 aliphatic rings. The van der Waals surface area contributed by atoms with Crippen molar-refractivity contribution in [1.82, 2.24) is 10.6 Å². The van der Waals surface area contributed by atoms with Crippen molar-refractivity contribution in [3.63, 3.8) is 0 Å². The summed E-state index contributed by atoms with van der Waals surface area (Å²) in [7, 11) is 1.40. The number of rotatable bonds is 9. The second-order valence-electron chi connectivity index (χ2n) is 5.10. The van der Waals surface area contributed by atoms with E-state index in [1.165, 1.54) is 19.2 Å². The maximum Gasteiger partial charge on any atom is 0.305 e. The van der Waals surface area contributed by atoms with Crippen molar-refractivity contribution >= 4 is 35.9 Å². The van der Waals surface area contributed by atoms with Gasteiger partial charge >= 0.3 is 5.97 Å². The Morgan fingerprint density at radius 1 is 1.21 bits per heavy atom. The van der Waals surface area contributed by atoms with E-state index >= 15 is 0 Å². The second kappa shape index (κ2) is 14.0. The fourth-order valence-electron chi connectivity index (χ4n) is 1.99. The molecule has 2 N–H and O–H groups in total. The molecule has 0 saturated heterocycles. The molecule has 7 heteroatoms. The van der Waals surface area contributed by atoms with E-state index in [1.807, 2.05) is 6.92 Å². The third kappa shape index (κ3) is 10.4. The number of esters is 1. The predicted octanol–water partition coefficient (Wildman–Crippen LogP) is 2.88. The molecule has 136 valence electrons. The van der Waals surface area contributed by atoms with Gasteiger partial charge in [0.2, 0.25) is 0 Å². The van der Waals surface area contributed by atoms with Crippen molar-refractivity contribution in [2.24, 2.45) is 4.99 Å². The molecule has 1 aromatic rings. The van der Waals surface area contributed by atoms with E-state index in [9.17, 15) is 9.18 Å². The van der Waals surface area contributed by atoms with E-state index in [4.69, 9.17) is 0 Å². The Bertz CT molecular complexity index is 495. The van der Waals surface area contributed by atoms with Gasteiger partial charge in [-0.05, 0) is 43.9 Å². The normalized spacial score (nSPS) is 10.7. The zero-order chi connectivity index (χ0) is 16.9. The number of halogens is 2. The van der Waals surface area contributed by atoms with Gasteiger partial charge in [0, 0.05) is 26.1 Å². The Kier molecular flexibility index (Phi) is 13.2. The van der Waals surface area contributed by atoms with E-state index in [0.717, 1.165) is 43.9 Å². The molecule has 0 aromatic heterocycles. The Balaban J connectivity index is 0.00000529. The summed E-state index contributed by atoms with van der Waals surface area (Å²) in [5, 5.41) is 6.42. The highest BCUT2D eigenvalue weighted by molar-refractivity contribution is 14.0. The van der Waals surface area contributed by atoms with Gasteiger partial charge in [0.1, 0.15) is 5.82 Å². The summed E-state index contributed by atoms with van der Waals surface area (Å²) in [4.78, 5) is 15.5. The maximum absolute atomic E-state index is 12.8. The minimum absolute atomic E-state index is 0. The smallest absolute Gasteiger partial charge is 0.305 e. The SMILES string of the molecule is CCNC(=NCCCCC(=O)OC)NCCc1ccc(F)cc1.I. The number of nitrogens with zero attached hydrogens (tertiary/aromatic N) is 1. The fraction of sp³-hybridized carbons (Fsp3) is 0.529. The average molecular weight is 451 g/mol. The zero-order valence-corrected chi connectivity index (χ0v) is 16.6. The molecule has 0 saturated carbocycles. The lowest BCUT2D eigenvalue weighted by molar-refractivity contribution is -0.140. The molecule has 0 fully saturated rings. The van der Waals surface area contributed by atoms with Gasteiger partial charge in [-0.3, -0.25) is 9.79 Å². The fourth-order valence-corrected chi connectivity index (χ4v) is 1.99. The topological polar surface area (TPSA) is 62.7 Å². The molecular formula is C17H27FIN3O2. The van der Waals surface area contributed by atoms with Crippen LogP contribution in [0.25, 0.3) is 0 Å². The maximum atomic E-state index is 12.8. The van der Waals surface area contributed by atoms with E-state index in [1.54, 1.807) is 12.1 Å². The first-order chi connectivity index (χ1) is 11.2. The lowest BCUT2D eigenvalue weighted by atomic mass is 10.1. The van der Waals surface area contributed by atoms with Gasteiger partial charge in [-0.25, -0.2) is 4.39 Å². The Hall–Kier alpha value is -1.38. The van der Waals surface area contributed by atoms with Crippen molar-refractivity contribution in [1.29, 1.82) is 0 Å². The van der Waals surface area contributed by atoms with Crippen LogP contribution in [0, 0.1) is 5.82 Å². The third-order valence-corrected chi connectivity index (χ3v) is 3.25. The highest BCUT2D eigenvalue weighted by Crippen LogP contribution is 2.02. The van der Waals surface area contributed by atoms with Gasteiger partial charge in [-0.2, -0.15) is 0 Å². The number of ether oxygens (including phenoxy) is 1. The van der Waals surface area contributed by atoms with Gasteiger partial charge in [0.15, 0.2) is 5.96 Å². The molecule has 0 unspecified atom stereocenters. The van der Waals surface area contributed by atoms with Crippen molar-refractivity contribution in [3.8, 4) is 0 Å². The standard InChI is InChI=1S/C17H26FN3O2.HI/c1-3-19-17(20-12-5-4-6-16(22)23-2)21-13-11-14-7-9-15(18)10-8-14;/h7-10H,3-6,11-13H2,1-2H3,(H2,19,20,21);1H. The lowest BCUT2D eigenvalue weighted by Gasteiger charge is -2.11. The van der Waals surface area contributed by atoms with Crippen LogP contribution < -0.4 is 10.6 Å². The number of methoxy groups -OCH3 is 1. The zero-order valence-electron chi connectivity index (χ0n) is 14.3. The van der Waals surface area contributed by atoms with Crippen LogP contribution in [0.2, 0.25) is 0 Å². The van der Waals surface area contributed by atoms with Gasteiger partial charge in [-0.15, -0.1) is 24.0 Å². The molecular weight excluding hydrogens is 424 g/mol. The van der Waals surface area contributed by atoms with Crippen LogP contribution in [0.4, 0.5) is 4.39 Å². The van der Waals surface area contributed by atoms with Crippen molar-refractivity contribution < 1.29 is 13.9 Å². The number of guanidine groups is 1. The quantitative estimate of drug-likeness (QED) is 0.199. The second-order valence-corrected chi connectivity index (χ2v) is 5.10. The van der Waals surface area contributed by atoms with Crippen LogP contribution in [-0.2, 0) is 16.0 Å². The molecule has 24 heavy (non-hydrogen) atoms. The number of aliphatic imine (C=N–C) groups is 1. The summed E-state index contributed by atoms with van der Waals surface area (Å²) in [6.07, 6.45) is 2.84. The van der Waals surface area contributed by atoms with Crippen LogP contribution in [0.1, 0.15) is 31.7 Å². The van der Waals surface area contributed by atoms with E-state index < -0.39 is 0 Å². The summed E-state index contributed by atoms with van der Waals surface area (Å²) in [6.45, 7) is 4.17. The first kappa shape index (κ1) is 22.6. The summed E-state index contributed by atoms with van der Waals surface area (Å²) in [6, 6.07) is 6.51. The number of benzene rings is 1. The summed E-state index contributed by atoms with van der Waals surface area (Å²) in [5.74, 6) is 0.356. The van der Waals surface area contributed by atoms with Crippen molar-refractivity contribution in [2.75, 3.05) is 26.7 Å². The van der Waals surface area contributed by atoms with Crippen LogP contribution in [0.3, 0.4) is 0 Å². The van der Waals surface area contributed by atoms with Crippen LogP contribution in [0.5, 0.6) is 0 Å². The molecule has 0 spiro atoms. The number of hydrogen-bond acceptors (Lipinski definition) is 3. The number of hydrogen-bond donors (Lipinski definition) is 2. The number of unbranched alkanes of at least 4 members (excludes halogenated alkanes) is 1. The van der Waals surface area contributed by atoms with Gasteiger partial charge < -0.3 is 15.4 Å². The Labute approximate surface area is 160 Å². The Morgan fingerprint density at radius 2 is 1.92 bits per heavy atom. The Morgan fingerprint density at radius 3 is 2.54 bits per heavy atom. The molecule has 0 aliphatic carbocycles. The van der Waals surface area contributed by atoms with E-state index in [-0.39, 0.29) is 35.8 Å². The minimum atomic E-state index is -0.219. The van der Waals surface area contributed by atoms with Crippen molar-refractivity contribution in [2.45, 2.75) is 32.6 Å². The lowest BCUT2D eigenvalue weighted by Crippen LogP contribution is -2.38. The predicted molar refractivity (Wildman–Crippen MR) is 105 cm³/mol. The molecule has 0 radical (unpaired) electrons. The van der Waals surface area contributed by atoms with Gasteiger partial charge in [0.25, 0.3) is 0 Å². The molecule has 5 nitrogen and oxygen atoms in total. The average Bonchev–Trinajstić information content (AvgIpc) is 2.56. The molecule has 1 rings (SSSR count). The van der Waals surface area contributed by atoms with Crippen LogP contribution in [-0.4, -0.2) is 38.7 Å². The molecule has 0 bridgehead atoms. The van der Waals surface area contributed by atoms with Gasteiger partial charge in [-0.1, -0.05) is 12.1 Å². The summed E-state index contributed by atoms with van der Waals surface area (Å²) in [5.41, 5.74) is 1.08. The van der Waals surface area contributed by atoms with E-state index in [0.29, 0.717) is 13.0 Å².